The molecule has 0 bridgehead atoms. The minimum absolute atomic E-state index is 0.173. The van der Waals surface area contributed by atoms with Crippen molar-refractivity contribution in [3.05, 3.63) is 35.9 Å². The van der Waals surface area contributed by atoms with Gasteiger partial charge >= 0.3 is 5.97 Å². The second-order valence-corrected chi connectivity index (χ2v) is 5.81. The summed E-state index contributed by atoms with van der Waals surface area (Å²) < 4.78 is 5.11. The Labute approximate surface area is 119 Å². The molecule has 4 heteroatoms. The summed E-state index contributed by atoms with van der Waals surface area (Å²) in [5, 5.41) is 7.01. The standard InChI is InChI=1S/C16H22N2O2/c1-20-15(19)16(13-7-3-2-4-8-13)10-12-6-5-9-17-14(12)11-18-16/h2-4,7-8,12,14,17-18H,5-6,9-11H2,1H3/t12-,14+,16+/m1/s1. The second-order valence-electron chi connectivity index (χ2n) is 5.81. The Hall–Kier alpha value is -1.39. The molecule has 2 heterocycles. The molecule has 0 amide bonds. The maximum atomic E-state index is 12.5. The van der Waals surface area contributed by atoms with E-state index in [2.05, 4.69) is 10.6 Å². The summed E-state index contributed by atoms with van der Waals surface area (Å²) in [7, 11) is 1.47. The fourth-order valence-corrected chi connectivity index (χ4v) is 3.64. The predicted molar refractivity (Wildman–Crippen MR) is 77.3 cm³/mol. The summed E-state index contributed by atoms with van der Waals surface area (Å²) in [6.45, 7) is 1.90. The van der Waals surface area contributed by atoms with Crippen molar-refractivity contribution >= 4 is 5.97 Å². The maximum absolute atomic E-state index is 12.5. The first-order valence-corrected chi connectivity index (χ1v) is 7.38. The summed E-state index contributed by atoms with van der Waals surface area (Å²) >= 11 is 0. The van der Waals surface area contributed by atoms with Gasteiger partial charge in [-0.1, -0.05) is 30.3 Å². The average Bonchev–Trinajstić information content (AvgIpc) is 2.54. The van der Waals surface area contributed by atoms with Crippen LogP contribution in [-0.2, 0) is 15.1 Å². The molecule has 2 N–H and O–H groups in total. The van der Waals surface area contributed by atoms with Crippen molar-refractivity contribution in [2.45, 2.75) is 30.8 Å². The first kappa shape index (κ1) is 13.6. The molecule has 2 fully saturated rings. The van der Waals surface area contributed by atoms with Gasteiger partial charge in [0.15, 0.2) is 0 Å². The first-order valence-electron chi connectivity index (χ1n) is 7.38. The molecular formula is C16H22N2O2. The van der Waals surface area contributed by atoms with Gasteiger partial charge in [0.25, 0.3) is 0 Å². The molecule has 108 valence electrons. The largest absolute Gasteiger partial charge is 0.467 e. The number of carbonyl (C=O) groups excluding carboxylic acids is 1. The van der Waals surface area contributed by atoms with Crippen molar-refractivity contribution in [3.63, 3.8) is 0 Å². The summed E-state index contributed by atoms with van der Waals surface area (Å²) in [6, 6.07) is 10.4. The van der Waals surface area contributed by atoms with E-state index in [4.69, 9.17) is 4.74 Å². The third-order valence-corrected chi connectivity index (χ3v) is 4.72. The van der Waals surface area contributed by atoms with E-state index < -0.39 is 5.54 Å². The van der Waals surface area contributed by atoms with E-state index in [-0.39, 0.29) is 5.97 Å². The predicted octanol–water partition coefficient (Wildman–Crippen LogP) is 1.42. The van der Waals surface area contributed by atoms with E-state index in [9.17, 15) is 4.79 Å². The summed E-state index contributed by atoms with van der Waals surface area (Å²) in [5.41, 5.74) is 0.326. The van der Waals surface area contributed by atoms with E-state index >= 15 is 0 Å². The number of piperidine rings is 2. The highest BCUT2D eigenvalue weighted by atomic mass is 16.5. The van der Waals surface area contributed by atoms with Crippen LogP contribution in [0, 0.1) is 5.92 Å². The highest BCUT2D eigenvalue weighted by Gasteiger charge is 2.48. The van der Waals surface area contributed by atoms with Crippen molar-refractivity contribution in [1.82, 2.24) is 10.6 Å². The zero-order valence-corrected chi connectivity index (χ0v) is 11.9. The lowest BCUT2D eigenvalue weighted by molar-refractivity contribution is -0.151. The lowest BCUT2D eigenvalue weighted by atomic mass is 9.72. The number of benzene rings is 1. The van der Waals surface area contributed by atoms with Gasteiger partial charge in [-0.3, -0.25) is 5.32 Å². The molecule has 0 radical (unpaired) electrons. The van der Waals surface area contributed by atoms with E-state index in [0.717, 1.165) is 25.1 Å². The average molecular weight is 274 g/mol. The normalized spacial score (nSPS) is 33.2. The van der Waals surface area contributed by atoms with E-state index in [1.165, 1.54) is 20.0 Å². The van der Waals surface area contributed by atoms with Crippen LogP contribution >= 0.6 is 0 Å². The number of rotatable bonds is 2. The van der Waals surface area contributed by atoms with Gasteiger partial charge in [-0.05, 0) is 37.3 Å². The number of esters is 1. The zero-order valence-electron chi connectivity index (χ0n) is 11.9. The number of ether oxygens (including phenoxy) is 1. The molecule has 0 aliphatic carbocycles. The molecule has 1 aromatic rings. The summed E-state index contributed by atoms with van der Waals surface area (Å²) in [5.74, 6) is 0.358. The zero-order chi connectivity index (χ0) is 14.0. The molecule has 2 aliphatic heterocycles. The number of hydrogen-bond donors (Lipinski definition) is 2. The maximum Gasteiger partial charge on any atom is 0.330 e. The Kier molecular flexibility index (Phi) is 3.76. The van der Waals surface area contributed by atoms with Crippen LogP contribution in [0.2, 0.25) is 0 Å². The smallest absolute Gasteiger partial charge is 0.330 e. The number of methoxy groups -OCH3 is 1. The lowest BCUT2D eigenvalue weighted by Crippen LogP contribution is -2.63. The van der Waals surface area contributed by atoms with Crippen molar-refractivity contribution < 1.29 is 9.53 Å². The van der Waals surface area contributed by atoms with Gasteiger partial charge < -0.3 is 10.1 Å². The molecule has 0 spiro atoms. The SMILES string of the molecule is COC(=O)[C@@]1(c2ccccc2)C[C@H]2CCCN[C@H]2CN1. The quantitative estimate of drug-likeness (QED) is 0.801. The molecule has 2 aliphatic rings. The van der Waals surface area contributed by atoms with Gasteiger partial charge in [0, 0.05) is 12.6 Å². The second kappa shape index (κ2) is 5.54. The molecule has 0 aromatic heterocycles. The highest BCUT2D eigenvalue weighted by Crippen LogP contribution is 2.37. The minimum Gasteiger partial charge on any atom is -0.467 e. The van der Waals surface area contributed by atoms with Crippen LogP contribution < -0.4 is 10.6 Å². The van der Waals surface area contributed by atoms with Crippen molar-refractivity contribution in [1.29, 1.82) is 0 Å². The molecule has 0 unspecified atom stereocenters. The summed E-state index contributed by atoms with van der Waals surface area (Å²) in [4.78, 5) is 12.5. The molecule has 3 rings (SSSR count). The Morgan fingerprint density at radius 3 is 2.90 bits per heavy atom. The Morgan fingerprint density at radius 2 is 2.15 bits per heavy atom. The van der Waals surface area contributed by atoms with Gasteiger partial charge in [-0.25, -0.2) is 4.79 Å². The van der Waals surface area contributed by atoms with Gasteiger partial charge in [0.2, 0.25) is 0 Å². The van der Waals surface area contributed by atoms with Crippen LogP contribution in [0.4, 0.5) is 0 Å². The third kappa shape index (κ3) is 2.23. The number of carbonyl (C=O) groups is 1. The van der Waals surface area contributed by atoms with Crippen molar-refractivity contribution in [3.8, 4) is 0 Å². The number of hydrogen-bond acceptors (Lipinski definition) is 4. The minimum atomic E-state index is -0.684. The van der Waals surface area contributed by atoms with Crippen LogP contribution in [-0.4, -0.2) is 32.2 Å². The molecular weight excluding hydrogens is 252 g/mol. The number of nitrogens with one attached hydrogen (secondary N) is 2. The Bertz CT molecular complexity index is 477. The number of fused-ring (bicyclic) bond motifs is 1. The highest BCUT2D eigenvalue weighted by molar-refractivity contribution is 5.82. The van der Waals surface area contributed by atoms with Crippen LogP contribution in [0.5, 0.6) is 0 Å². The van der Waals surface area contributed by atoms with E-state index in [0.29, 0.717) is 12.0 Å². The topological polar surface area (TPSA) is 50.4 Å². The molecule has 0 saturated carbocycles. The lowest BCUT2D eigenvalue weighted by Gasteiger charge is -2.46. The van der Waals surface area contributed by atoms with E-state index in [1.807, 2.05) is 30.3 Å². The van der Waals surface area contributed by atoms with Crippen molar-refractivity contribution in [2.75, 3.05) is 20.2 Å². The fraction of sp³-hybridized carbons (Fsp3) is 0.562. The molecule has 2 saturated heterocycles. The molecule has 3 atom stereocenters. The third-order valence-electron chi connectivity index (χ3n) is 4.72. The molecule has 1 aromatic carbocycles. The van der Waals surface area contributed by atoms with Gasteiger partial charge in [0.1, 0.15) is 5.54 Å². The monoisotopic (exact) mass is 274 g/mol. The van der Waals surface area contributed by atoms with Crippen LogP contribution in [0.3, 0.4) is 0 Å². The molecule has 4 nitrogen and oxygen atoms in total. The summed E-state index contributed by atoms with van der Waals surface area (Å²) in [6.07, 6.45) is 3.18. The van der Waals surface area contributed by atoms with Crippen molar-refractivity contribution in [2.24, 2.45) is 5.92 Å². The Balaban J connectivity index is 1.93. The van der Waals surface area contributed by atoms with Crippen LogP contribution in [0.25, 0.3) is 0 Å². The van der Waals surface area contributed by atoms with Gasteiger partial charge in [0.05, 0.1) is 7.11 Å². The molecule has 20 heavy (non-hydrogen) atoms. The first-order chi connectivity index (χ1) is 9.76. The van der Waals surface area contributed by atoms with E-state index in [1.54, 1.807) is 0 Å². The fourth-order valence-electron chi connectivity index (χ4n) is 3.64. The van der Waals surface area contributed by atoms with Gasteiger partial charge in [-0.2, -0.15) is 0 Å². The van der Waals surface area contributed by atoms with Crippen LogP contribution in [0.1, 0.15) is 24.8 Å². The van der Waals surface area contributed by atoms with Gasteiger partial charge in [-0.15, -0.1) is 0 Å². The Morgan fingerprint density at radius 1 is 1.35 bits per heavy atom. The van der Waals surface area contributed by atoms with Crippen LogP contribution in [0.15, 0.2) is 30.3 Å².